The van der Waals surface area contributed by atoms with Crippen LogP contribution in [0.25, 0.3) is 0 Å². The Kier molecular flexibility index (Phi) is 10.5. The summed E-state index contributed by atoms with van der Waals surface area (Å²) < 4.78 is 10.7. The van der Waals surface area contributed by atoms with Crippen molar-refractivity contribution >= 4 is 40.9 Å². The van der Waals surface area contributed by atoms with Crippen LogP contribution in [0.3, 0.4) is 0 Å². The first-order valence-corrected chi connectivity index (χ1v) is 13.8. The maximum atomic E-state index is 12.9. The zero-order valence-corrected chi connectivity index (χ0v) is 23.5. The summed E-state index contributed by atoms with van der Waals surface area (Å²) in [5.74, 6) is -1.07. The maximum absolute atomic E-state index is 12.9. The number of nitrogen functional groups attached to an aromatic ring is 1. The highest BCUT2D eigenvalue weighted by Gasteiger charge is 2.39. The van der Waals surface area contributed by atoms with Crippen molar-refractivity contribution in [2.45, 2.75) is 38.3 Å². The van der Waals surface area contributed by atoms with Crippen LogP contribution in [0.5, 0.6) is 5.75 Å². The Labute approximate surface area is 243 Å². The molecule has 1 atom stereocenters. The van der Waals surface area contributed by atoms with Crippen molar-refractivity contribution in [3.63, 3.8) is 0 Å². The molecular formula is C29H36N6O7. The molecule has 6 N–H and O–H groups in total. The fraction of sp³-hybridized carbons (Fsp3) is 0.414. The van der Waals surface area contributed by atoms with Crippen LogP contribution in [-0.2, 0) is 25.7 Å². The van der Waals surface area contributed by atoms with E-state index in [-0.39, 0.29) is 49.4 Å². The number of benzene rings is 2. The average Bonchev–Trinajstić information content (AvgIpc) is 3.31. The lowest BCUT2D eigenvalue weighted by Gasteiger charge is -2.29. The third-order valence-corrected chi connectivity index (χ3v) is 7.06. The number of amides is 5. The SMILES string of the molecule is COc1cc(C(=O)NCCOCCNCCCC(=O)Nc2cccc3c2CN(C2CCC(=O)NC2=O)C3=O)ccc1N. The molecule has 1 fully saturated rings. The number of fused-ring (bicyclic) bond motifs is 1. The first kappa shape index (κ1) is 30.5. The molecule has 2 aromatic rings. The molecule has 42 heavy (non-hydrogen) atoms. The van der Waals surface area contributed by atoms with Gasteiger partial charge in [-0.2, -0.15) is 0 Å². The van der Waals surface area contributed by atoms with Crippen molar-refractivity contribution < 1.29 is 33.4 Å². The summed E-state index contributed by atoms with van der Waals surface area (Å²) in [6.45, 7) is 2.55. The van der Waals surface area contributed by atoms with E-state index in [2.05, 4.69) is 21.3 Å². The molecule has 1 unspecified atom stereocenters. The monoisotopic (exact) mass is 580 g/mol. The zero-order chi connectivity index (χ0) is 30.1. The molecule has 2 heterocycles. The van der Waals surface area contributed by atoms with Gasteiger partial charge in [-0.25, -0.2) is 0 Å². The fourth-order valence-electron chi connectivity index (χ4n) is 4.85. The number of carbonyl (C=O) groups excluding carboxylic acids is 5. The molecule has 4 rings (SSSR count). The quantitative estimate of drug-likeness (QED) is 0.123. The lowest BCUT2D eigenvalue weighted by molar-refractivity contribution is -0.137. The highest BCUT2D eigenvalue weighted by atomic mass is 16.5. The minimum absolute atomic E-state index is 0.178. The first-order chi connectivity index (χ1) is 20.3. The molecule has 0 bridgehead atoms. The Hall–Kier alpha value is -4.49. The average molecular weight is 581 g/mol. The van der Waals surface area contributed by atoms with Crippen molar-refractivity contribution in [3.05, 3.63) is 53.1 Å². The number of imide groups is 1. The summed E-state index contributed by atoms with van der Waals surface area (Å²) in [7, 11) is 1.49. The van der Waals surface area contributed by atoms with E-state index >= 15 is 0 Å². The summed E-state index contributed by atoms with van der Waals surface area (Å²) in [5.41, 5.74) is 8.34. The summed E-state index contributed by atoms with van der Waals surface area (Å²) in [6.07, 6.45) is 1.34. The summed E-state index contributed by atoms with van der Waals surface area (Å²) in [4.78, 5) is 63.0. The molecule has 224 valence electrons. The van der Waals surface area contributed by atoms with Gasteiger partial charge in [-0.15, -0.1) is 0 Å². The Balaban J connectivity index is 1.09. The van der Waals surface area contributed by atoms with Gasteiger partial charge in [0.1, 0.15) is 11.8 Å². The molecule has 0 aliphatic carbocycles. The van der Waals surface area contributed by atoms with Crippen molar-refractivity contribution in [2.75, 3.05) is 51.0 Å². The number of carbonyl (C=O) groups is 5. The van der Waals surface area contributed by atoms with E-state index in [9.17, 15) is 24.0 Å². The molecule has 0 saturated carbocycles. The third kappa shape index (κ3) is 7.62. The molecular weight excluding hydrogens is 544 g/mol. The lowest BCUT2D eigenvalue weighted by Crippen LogP contribution is -2.52. The van der Waals surface area contributed by atoms with E-state index in [1.807, 2.05) is 0 Å². The summed E-state index contributed by atoms with van der Waals surface area (Å²) in [6, 6.07) is 9.23. The van der Waals surface area contributed by atoms with Gasteiger partial charge in [0, 0.05) is 54.9 Å². The molecule has 0 aromatic heterocycles. The van der Waals surface area contributed by atoms with E-state index in [1.165, 1.54) is 12.0 Å². The van der Waals surface area contributed by atoms with Gasteiger partial charge in [0.15, 0.2) is 0 Å². The van der Waals surface area contributed by atoms with Crippen LogP contribution in [0.1, 0.15) is 52.0 Å². The number of hydrogen-bond acceptors (Lipinski definition) is 9. The smallest absolute Gasteiger partial charge is 0.255 e. The number of anilines is 2. The predicted molar refractivity (Wildman–Crippen MR) is 154 cm³/mol. The van der Waals surface area contributed by atoms with E-state index in [0.717, 1.165) is 0 Å². The normalized spacial score (nSPS) is 16.2. The molecule has 0 spiro atoms. The van der Waals surface area contributed by atoms with Gasteiger partial charge in [0.2, 0.25) is 17.7 Å². The van der Waals surface area contributed by atoms with Crippen molar-refractivity contribution in [1.29, 1.82) is 0 Å². The first-order valence-electron chi connectivity index (χ1n) is 13.8. The van der Waals surface area contributed by atoms with Crippen molar-refractivity contribution in [3.8, 4) is 5.75 Å². The van der Waals surface area contributed by atoms with Gasteiger partial charge in [0.25, 0.3) is 11.8 Å². The topological polar surface area (TPSA) is 181 Å². The Morgan fingerprint density at radius 3 is 2.69 bits per heavy atom. The molecule has 1 saturated heterocycles. The number of ether oxygens (including phenoxy) is 2. The van der Waals surface area contributed by atoms with Gasteiger partial charge in [-0.05, 0) is 49.7 Å². The molecule has 2 aliphatic heterocycles. The number of methoxy groups -OCH3 is 1. The largest absolute Gasteiger partial charge is 0.495 e. The number of hydrogen-bond donors (Lipinski definition) is 5. The molecule has 13 heteroatoms. The van der Waals surface area contributed by atoms with Gasteiger partial charge < -0.3 is 36.1 Å². The number of nitrogens with zero attached hydrogens (tertiary/aromatic N) is 1. The molecule has 13 nitrogen and oxygen atoms in total. The van der Waals surface area contributed by atoms with Crippen molar-refractivity contribution in [1.82, 2.24) is 20.9 Å². The van der Waals surface area contributed by atoms with Crippen LogP contribution in [0.4, 0.5) is 11.4 Å². The van der Waals surface area contributed by atoms with Crippen LogP contribution in [0, 0.1) is 0 Å². The van der Waals surface area contributed by atoms with Gasteiger partial charge in [-0.3, -0.25) is 29.3 Å². The predicted octanol–water partition coefficient (Wildman–Crippen LogP) is 0.793. The van der Waals surface area contributed by atoms with Crippen LogP contribution in [0.15, 0.2) is 36.4 Å². The second-order valence-electron chi connectivity index (χ2n) is 9.96. The van der Waals surface area contributed by atoms with Gasteiger partial charge >= 0.3 is 0 Å². The van der Waals surface area contributed by atoms with Crippen LogP contribution >= 0.6 is 0 Å². The number of nitrogens with one attached hydrogen (secondary N) is 4. The maximum Gasteiger partial charge on any atom is 0.255 e. The van der Waals surface area contributed by atoms with Crippen LogP contribution in [-0.4, -0.2) is 80.4 Å². The number of piperidine rings is 1. The van der Waals surface area contributed by atoms with E-state index < -0.39 is 11.9 Å². The van der Waals surface area contributed by atoms with E-state index in [4.69, 9.17) is 15.2 Å². The minimum atomic E-state index is -0.709. The van der Waals surface area contributed by atoms with Gasteiger partial charge in [0.05, 0.1) is 26.0 Å². The molecule has 5 amide bonds. The number of nitrogens with two attached hydrogens (primary N) is 1. The summed E-state index contributed by atoms with van der Waals surface area (Å²) in [5, 5.41) is 11.2. The van der Waals surface area contributed by atoms with E-state index in [1.54, 1.807) is 36.4 Å². The Morgan fingerprint density at radius 2 is 1.90 bits per heavy atom. The Bertz CT molecular complexity index is 1350. The number of rotatable bonds is 14. The summed E-state index contributed by atoms with van der Waals surface area (Å²) >= 11 is 0. The Morgan fingerprint density at radius 1 is 1.10 bits per heavy atom. The molecule has 2 aliphatic rings. The molecule has 2 aromatic carbocycles. The highest BCUT2D eigenvalue weighted by Crippen LogP contribution is 2.32. The minimum Gasteiger partial charge on any atom is -0.495 e. The lowest BCUT2D eigenvalue weighted by atomic mass is 10.0. The third-order valence-electron chi connectivity index (χ3n) is 7.06. The fourth-order valence-corrected chi connectivity index (χ4v) is 4.85. The standard InChI is InChI=1S/C29H36N6O7/c1-41-24-16-18(7-8-21(24)30)27(38)32-13-15-42-14-12-31-11-3-6-25(36)33-22-5-2-4-19-20(22)17-35(29(19)40)23-9-10-26(37)34-28(23)39/h2,4-5,7-8,16,23,31H,3,6,9-15,17,30H2,1H3,(H,32,38)(H,33,36)(H,34,37,39). The van der Waals surface area contributed by atoms with Crippen LogP contribution in [0.2, 0.25) is 0 Å². The second kappa shape index (κ2) is 14.4. The zero-order valence-electron chi connectivity index (χ0n) is 23.5. The van der Waals surface area contributed by atoms with Gasteiger partial charge in [-0.1, -0.05) is 6.07 Å². The molecule has 0 radical (unpaired) electrons. The van der Waals surface area contributed by atoms with Crippen LogP contribution < -0.4 is 31.7 Å². The second-order valence-corrected chi connectivity index (χ2v) is 9.96. The highest BCUT2D eigenvalue weighted by molar-refractivity contribution is 6.06. The van der Waals surface area contributed by atoms with E-state index in [0.29, 0.717) is 73.1 Å². The van der Waals surface area contributed by atoms with Crippen molar-refractivity contribution in [2.24, 2.45) is 0 Å².